The fourth-order valence-electron chi connectivity index (χ4n) is 2.47. The van der Waals surface area contributed by atoms with Crippen molar-refractivity contribution >= 4 is 29.1 Å². The number of carbonyl (C=O) groups excluding carboxylic acids is 1. The second kappa shape index (κ2) is 8.17. The number of rotatable bonds is 6. The molecule has 0 heterocycles. The summed E-state index contributed by atoms with van der Waals surface area (Å²) in [7, 11) is 0. The van der Waals surface area contributed by atoms with Gasteiger partial charge in [0.05, 0.1) is 10.0 Å². The second-order valence-electron chi connectivity index (χ2n) is 6.66. The van der Waals surface area contributed by atoms with E-state index in [1.165, 1.54) is 6.08 Å². The Kier molecular flexibility index (Phi) is 6.47. The highest BCUT2D eigenvalue weighted by Gasteiger charge is 2.37. The van der Waals surface area contributed by atoms with Crippen molar-refractivity contribution in [3.05, 3.63) is 57.4 Å². The smallest absolute Gasteiger partial charge is 0.244 e. The maximum atomic E-state index is 14.2. The molecule has 0 unspecified atom stereocenters. The fourth-order valence-corrected chi connectivity index (χ4v) is 2.77. The largest absolute Gasteiger partial charge is 0.352 e. The van der Waals surface area contributed by atoms with Gasteiger partial charge in [0.25, 0.3) is 0 Å². The van der Waals surface area contributed by atoms with Crippen molar-refractivity contribution in [1.29, 1.82) is 0 Å². The van der Waals surface area contributed by atoms with E-state index in [2.05, 4.69) is 5.32 Å². The molecule has 1 N–H and O–H groups in total. The van der Waals surface area contributed by atoms with E-state index in [0.29, 0.717) is 28.1 Å². The Morgan fingerprint density at radius 1 is 1.38 bits per heavy atom. The molecule has 0 aliphatic heterocycles. The molecule has 1 fully saturated rings. The fraction of sp³-hybridized carbons (Fsp3) is 0.421. The number of amides is 1. The Balaban J connectivity index is 1.96. The number of hydrogen-bond acceptors (Lipinski definition) is 1. The lowest BCUT2D eigenvalue weighted by Gasteiger charge is -2.05. The molecule has 0 radical (unpaired) electrons. The summed E-state index contributed by atoms with van der Waals surface area (Å²) in [6, 6.07) is 5.52. The van der Waals surface area contributed by atoms with Gasteiger partial charge >= 0.3 is 0 Å². The lowest BCUT2D eigenvalue weighted by Crippen LogP contribution is -2.25. The van der Waals surface area contributed by atoms with Crippen molar-refractivity contribution in [3.63, 3.8) is 0 Å². The van der Waals surface area contributed by atoms with Gasteiger partial charge in [-0.3, -0.25) is 4.79 Å². The third kappa shape index (κ3) is 5.35. The summed E-state index contributed by atoms with van der Waals surface area (Å²) in [5.41, 5.74) is 1.41. The molecule has 0 saturated heterocycles. The van der Waals surface area contributed by atoms with Crippen LogP contribution in [0.3, 0.4) is 0 Å². The highest BCUT2D eigenvalue weighted by molar-refractivity contribution is 6.42. The third-order valence-corrected chi connectivity index (χ3v) is 4.72. The summed E-state index contributed by atoms with van der Waals surface area (Å²) in [6.45, 7) is 6.20. The normalized spacial score (nSPS) is 21.1. The monoisotopic (exact) mass is 369 g/mol. The van der Waals surface area contributed by atoms with Gasteiger partial charge in [-0.1, -0.05) is 43.1 Å². The maximum absolute atomic E-state index is 14.2. The number of halogens is 3. The van der Waals surface area contributed by atoms with Crippen molar-refractivity contribution < 1.29 is 9.18 Å². The molecular formula is C19H22Cl2FNO. The van der Waals surface area contributed by atoms with Crippen molar-refractivity contribution in [2.75, 3.05) is 6.54 Å². The molecule has 2 nitrogen and oxygen atoms in total. The zero-order chi connectivity index (χ0) is 17.9. The van der Waals surface area contributed by atoms with Gasteiger partial charge in [0.15, 0.2) is 0 Å². The Morgan fingerprint density at radius 3 is 2.71 bits per heavy atom. The molecule has 1 aromatic carbocycles. The van der Waals surface area contributed by atoms with Crippen LogP contribution in [0, 0.1) is 11.8 Å². The number of allylic oxidation sites excluding steroid dienone is 3. The minimum atomic E-state index is -0.345. The van der Waals surface area contributed by atoms with Crippen molar-refractivity contribution in [1.82, 2.24) is 5.32 Å². The molecule has 1 amide bonds. The van der Waals surface area contributed by atoms with Crippen LogP contribution < -0.4 is 5.32 Å². The molecule has 0 bridgehead atoms. The van der Waals surface area contributed by atoms with Crippen molar-refractivity contribution in [3.8, 4) is 0 Å². The van der Waals surface area contributed by atoms with Crippen LogP contribution in [0.15, 0.2) is 41.8 Å². The average Bonchev–Trinajstić information content (AvgIpc) is 3.27. The minimum absolute atomic E-state index is 0.129. The molecule has 0 spiro atoms. The highest BCUT2D eigenvalue weighted by Crippen LogP contribution is 2.50. The lowest BCUT2D eigenvalue weighted by molar-refractivity contribution is -0.116. The molecule has 2 atom stereocenters. The molecule has 1 aliphatic rings. The van der Waals surface area contributed by atoms with Gasteiger partial charge < -0.3 is 5.32 Å². The molecule has 24 heavy (non-hydrogen) atoms. The van der Waals surface area contributed by atoms with Gasteiger partial charge in [0, 0.05) is 12.6 Å². The van der Waals surface area contributed by atoms with Gasteiger partial charge in [-0.05, 0) is 60.4 Å². The van der Waals surface area contributed by atoms with Crippen LogP contribution in [0.2, 0.25) is 10.0 Å². The Bertz CT molecular complexity index is 682. The zero-order valence-electron chi connectivity index (χ0n) is 14.1. The first-order valence-electron chi connectivity index (χ1n) is 8.06. The predicted molar refractivity (Wildman–Crippen MR) is 98.1 cm³/mol. The van der Waals surface area contributed by atoms with Crippen LogP contribution >= 0.6 is 23.2 Å². The first-order valence-corrected chi connectivity index (χ1v) is 8.82. The van der Waals surface area contributed by atoms with Crippen LogP contribution in [0.4, 0.5) is 4.39 Å². The Hall–Kier alpha value is -1.32. The van der Waals surface area contributed by atoms with Crippen LogP contribution in [0.5, 0.6) is 0 Å². The molecule has 5 heteroatoms. The molecule has 0 aromatic heterocycles. The van der Waals surface area contributed by atoms with Crippen LogP contribution in [0.1, 0.15) is 38.7 Å². The van der Waals surface area contributed by atoms with E-state index in [-0.39, 0.29) is 23.6 Å². The van der Waals surface area contributed by atoms with Gasteiger partial charge in [0.1, 0.15) is 5.83 Å². The highest BCUT2D eigenvalue weighted by atomic mass is 35.5. The van der Waals surface area contributed by atoms with E-state index in [9.17, 15) is 9.18 Å². The minimum Gasteiger partial charge on any atom is -0.352 e. The molecular weight excluding hydrogens is 348 g/mol. The van der Waals surface area contributed by atoms with E-state index < -0.39 is 0 Å². The van der Waals surface area contributed by atoms with Crippen LogP contribution in [0.25, 0.3) is 0 Å². The van der Waals surface area contributed by atoms with E-state index >= 15 is 0 Å². The summed E-state index contributed by atoms with van der Waals surface area (Å²) in [5.74, 6) is 0.141. The number of carbonyl (C=O) groups is 1. The van der Waals surface area contributed by atoms with Gasteiger partial charge in [-0.2, -0.15) is 0 Å². The summed E-state index contributed by atoms with van der Waals surface area (Å²) < 4.78 is 14.2. The first-order chi connectivity index (χ1) is 11.3. The van der Waals surface area contributed by atoms with Crippen LogP contribution in [-0.2, 0) is 4.79 Å². The molecule has 130 valence electrons. The van der Waals surface area contributed by atoms with Crippen molar-refractivity contribution in [2.45, 2.75) is 33.1 Å². The summed E-state index contributed by atoms with van der Waals surface area (Å²) in [6.07, 6.45) is 3.78. The Morgan fingerprint density at radius 2 is 2.08 bits per heavy atom. The lowest BCUT2D eigenvalue weighted by atomic mass is 10.1. The number of hydrogen-bond donors (Lipinski definition) is 1. The number of benzene rings is 1. The molecule has 1 aliphatic carbocycles. The summed E-state index contributed by atoms with van der Waals surface area (Å²) >= 11 is 11.9. The van der Waals surface area contributed by atoms with E-state index in [4.69, 9.17) is 23.2 Å². The standard InChI is InChI=1S/C19H22Cl2FNO/c1-11(2)10-23-19(24)6-12(3)18(22)9-14-7-15(14)13-4-5-16(20)17(21)8-13/h4-6,8-9,11,14-15H,7,10H2,1-3H3,(H,23,24)/t14-,15-/m0/s1. The second-order valence-corrected chi connectivity index (χ2v) is 7.47. The van der Waals surface area contributed by atoms with Gasteiger partial charge in [-0.15, -0.1) is 0 Å². The number of nitrogens with one attached hydrogen (secondary N) is 1. The Labute approximate surface area is 152 Å². The van der Waals surface area contributed by atoms with Crippen molar-refractivity contribution in [2.24, 2.45) is 11.8 Å². The van der Waals surface area contributed by atoms with Crippen LogP contribution in [-0.4, -0.2) is 12.5 Å². The maximum Gasteiger partial charge on any atom is 0.244 e. The van der Waals surface area contributed by atoms with Gasteiger partial charge in [0.2, 0.25) is 5.91 Å². The van der Waals surface area contributed by atoms with E-state index in [0.717, 1.165) is 12.0 Å². The molecule has 2 rings (SSSR count). The topological polar surface area (TPSA) is 29.1 Å². The third-order valence-electron chi connectivity index (χ3n) is 3.98. The summed E-state index contributed by atoms with van der Waals surface area (Å²) in [4.78, 5) is 11.7. The SMILES string of the molecule is CC(=CC(=O)NCC(C)C)C(F)=C[C@@H]1C[C@H]1c1ccc(Cl)c(Cl)c1. The average molecular weight is 370 g/mol. The summed E-state index contributed by atoms with van der Waals surface area (Å²) in [5, 5.41) is 3.78. The van der Waals surface area contributed by atoms with Gasteiger partial charge in [-0.25, -0.2) is 4.39 Å². The first kappa shape index (κ1) is 19.0. The zero-order valence-corrected chi connectivity index (χ0v) is 15.6. The molecule has 1 saturated carbocycles. The van der Waals surface area contributed by atoms with E-state index in [1.807, 2.05) is 26.0 Å². The van der Waals surface area contributed by atoms with E-state index in [1.54, 1.807) is 19.1 Å². The predicted octanol–water partition coefficient (Wildman–Crippen LogP) is 5.67. The molecule has 1 aromatic rings. The quantitative estimate of drug-likeness (QED) is 0.507.